The molecule has 0 saturated heterocycles. The van der Waals surface area contributed by atoms with Gasteiger partial charge < -0.3 is 10.6 Å². The summed E-state index contributed by atoms with van der Waals surface area (Å²) in [7, 11) is 0.818. The van der Waals surface area contributed by atoms with Crippen molar-refractivity contribution in [3.8, 4) is 0 Å². The van der Waals surface area contributed by atoms with Crippen LogP contribution in [-0.4, -0.2) is 17.5 Å². The summed E-state index contributed by atoms with van der Waals surface area (Å²) in [6.45, 7) is 0. The van der Waals surface area contributed by atoms with Crippen LogP contribution < -0.4 is 10.6 Å². The Labute approximate surface area is 110 Å². The Bertz CT molecular complexity index is 555. The van der Waals surface area contributed by atoms with Gasteiger partial charge in [0.05, 0.1) is 21.4 Å². The number of para-hydroxylation sites is 1. The Kier molecular flexibility index (Phi) is 3.99. The third-order valence-corrected chi connectivity index (χ3v) is 3.58. The van der Waals surface area contributed by atoms with Gasteiger partial charge in [-0.3, -0.25) is 4.21 Å². The lowest BCUT2D eigenvalue weighted by molar-refractivity contribution is 0.687. The van der Waals surface area contributed by atoms with Crippen LogP contribution in [0.5, 0.6) is 0 Å². The first kappa shape index (κ1) is 12.6. The molecule has 3 nitrogen and oxygen atoms in total. The summed E-state index contributed by atoms with van der Waals surface area (Å²) in [4.78, 5) is 0.804. The van der Waals surface area contributed by atoms with Gasteiger partial charge in [0.15, 0.2) is 0 Å². The Morgan fingerprint density at radius 1 is 1.00 bits per heavy atom. The molecule has 0 radical (unpaired) electrons. The Hall–Kier alpha value is -1.81. The molecular formula is C14H16N2OS. The van der Waals surface area contributed by atoms with Gasteiger partial charge in [0, 0.05) is 24.7 Å². The number of nitrogens with one attached hydrogen (secondary N) is 2. The maximum Gasteiger partial charge on any atom is 0.0637 e. The van der Waals surface area contributed by atoms with E-state index in [4.69, 9.17) is 0 Å². The molecule has 1 unspecified atom stereocenters. The monoisotopic (exact) mass is 260 g/mol. The minimum absolute atomic E-state index is 0.804. The second kappa shape index (κ2) is 5.69. The van der Waals surface area contributed by atoms with Crippen molar-refractivity contribution < 1.29 is 4.21 Å². The summed E-state index contributed by atoms with van der Waals surface area (Å²) in [6.07, 6.45) is 1.68. The second-order valence-electron chi connectivity index (χ2n) is 3.91. The van der Waals surface area contributed by atoms with Crippen molar-refractivity contribution >= 4 is 27.9 Å². The summed E-state index contributed by atoms with van der Waals surface area (Å²) in [6, 6.07) is 15.7. The highest BCUT2D eigenvalue weighted by Gasteiger charge is 2.06. The Morgan fingerprint density at radius 2 is 1.72 bits per heavy atom. The minimum atomic E-state index is -1.01. The molecule has 0 aliphatic carbocycles. The van der Waals surface area contributed by atoms with Crippen molar-refractivity contribution in [1.82, 2.24) is 0 Å². The van der Waals surface area contributed by atoms with Crippen LogP contribution in [-0.2, 0) is 10.8 Å². The molecule has 2 aromatic carbocycles. The average molecular weight is 260 g/mol. The van der Waals surface area contributed by atoms with Crippen molar-refractivity contribution in [1.29, 1.82) is 0 Å². The summed E-state index contributed by atoms with van der Waals surface area (Å²) in [5.41, 5.74) is 2.85. The maximum atomic E-state index is 11.7. The van der Waals surface area contributed by atoms with Crippen molar-refractivity contribution in [3.63, 3.8) is 0 Å². The molecule has 0 fully saturated rings. The van der Waals surface area contributed by atoms with Crippen LogP contribution in [0.15, 0.2) is 53.4 Å². The molecule has 2 N–H and O–H groups in total. The van der Waals surface area contributed by atoms with Crippen molar-refractivity contribution in [2.45, 2.75) is 4.90 Å². The van der Waals surface area contributed by atoms with E-state index in [1.807, 2.05) is 55.6 Å². The lowest BCUT2D eigenvalue weighted by Gasteiger charge is -2.11. The summed E-state index contributed by atoms with van der Waals surface area (Å²) in [5.74, 6) is 0. The molecule has 18 heavy (non-hydrogen) atoms. The minimum Gasteiger partial charge on any atom is -0.387 e. The van der Waals surface area contributed by atoms with E-state index in [2.05, 4.69) is 10.6 Å². The molecule has 0 spiro atoms. The predicted molar refractivity (Wildman–Crippen MR) is 78.0 cm³/mol. The van der Waals surface area contributed by atoms with E-state index >= 15 is 0 Å². The standard InChI is InChI=1S/C14H16N2OS/c1-15-13-9-8-12(10-14(13)18(2)17)16-11-6-4-3-5-7-11/h3-10,15-16H,1-2H3. The van der Waals surface area contributed by atoms with E-state index in [1.165, 1.54) is 0 Å². The quantitative estimate of drug-likeness (QED) is 0.887. The highest BCUT2D eigenvalue weighted by Crippen LogP contribution is 2.25. The maximum absolute atomic E-state index is 11.7. The molecule has 94 valence electrons. The highest BCUT2D eigenvalue weighted by atomic mass is 32.2. The first-order chi connectivity index (χ1) is 8.70. The molecule has 1 atom stereocenters. The zero-order chi connectivity index (χ0) is 13.0. The van der Waals surface area contributed by atoms with E-state index in [-0.39, 0.29) is 0 Å². The predicted octanol–water partition coefficient (Wildman–Crippen LogP) is 3.21. The molecule has 4 heteroatoms. The summed E-state index contributed by atoms with van der Waals surface area (Å²) >= 11 is 0. The molecule has 0 saturated carbocycles. The summed E-state index contributed by atoms with van der Waals surface area (Å²) < 4.78 is 11.7. The molecule has 0 amide bonds. The van der Waals surface area contributed by atoms with Crippen LogP contribution in [0.4, 0.5) is 17.1 Å². The number of anilines is 3. The lowest BCUT2D eigenvalue weighted by Crippen LogP contribution is -1.99. The fraction of sp³-hybridized carbons (Fsp3) is 0.143. The van der Waals surface area contributed by atoms with Gasteiger partial charge in [-0.05, 0) is 30.3 Å². The zero-order valence-electron chi connectivity index (χ0n) is 10.4. The van der Waals surface area contributed by atoms with Crippen LogP contribution in [0, 0.1) is 0 Å². The molecular weight excluding hydrogens is 244 g/mol. The number of rotatable bonds is 4. The van der Waals surface area contributed by atoms with Gasteiger partial charge in [-0.2, -0.15) is 0 Å². The molecule has 0 bridgehead atoms. The van der Waals surface area contributed by atoms with Crippen molar-refractivity contribution in [2.24, 2.45) is 0 Å². The van der Waals surface area contributed by atoms with E-state index in [0.29, 0.717) is 0 Å². The van der Waals surface area contributed by atoms with E-state index in [9.17, 15) is 4.21 Å². The third kappa shape index (κ3) is 2.90. The van der Waals surface area contributed by atoms with Crippen LogP contribution in [0.3, 0.4) is 0 Å². The molecule has 0 aromatic heterocycles. The van der Waals surface area contributed by atoms with Gasteiger partial charge in [-0.15, -0.1) is 0 Å². The van der Waals surface area contributed by atoms with Crippen LogP contribution >= 0.6 is 0 Å². The first-order valence-corrected chi connectivity index (χ1v) is 7.24. The molecule has 0 aliphatic heterocycles. The first-order valence-electron chi connectivity index (χ1n) is 5.68. The van der Waals surface area contributed by atoms with Gasteiger partial charge in [-0.25, -0.2) is 0 Å². The highest BCUT2D eigenvalue weighted by molar-refractivity contribution is 7.84. The van der Waals surface area contributed by atoms with Crippen molar-refractivity contribution in [3.05, 3.63) is 48.5 Å². The second-order valence-corrected chi connectivity index (χ2v) is 5.25. The fourth-order valence-electron chi connectivity index (χ4n) is 1.73. The van der Waals surface area contributed by atoms with E-state index < -0.39 is 10.8 Å². The van der Waals surface area contributed by atoms with E-state index in [0.717, 1.165) is 22.0 Å². The van der Waals surface area contributed by atoms with Gasteiger partial charge in [0.25, 0.3) is 0 Å². The summed E-state index contributed by atoms with van der Waals surface area (Å²) in [5, 5.41) is 6.34. The number of benzene rings is 2. The zero-order valence-corrected chi connectivity index (χ0v) is 11.3. The largest absolute Gasteiger partial charge is 0.387 e. The van der Waals surface area contributed by atoms with E-state index in [1.54, 1.807) is 6.26 Å². The van der Waals surface area contributed by atoms with Crippen molar-refractivity contribution in [2.75, 3.05) is 23.9 Å². The van der Waals surface area contributed by atoms with Crippen LogP contribution in [0.1, 0.15) is 0 Å². The number of hydrogen-bond donors (Lipinski definition) is 2. The molecule has 0 aliphatic rings. The van der Waals surface area contributed by atoms with Gasteiger partial charge >= 0.3 is 0 Å². The SMILES string of the molecule is CNc1ccc(Nc2ccccc2)cc1S(C)=O. The van der Waals surface area contributed by atoms with Gasteiger partial charge in [0.1, 0.15) is 0 Å². The van der Waals surface area contributed by atoms with Gasteiger partial charge in [0.2, 0.25) is 0 Å². The smallest absolute Gasteiger partial charge is 0.0637 e. The number of hydrogen-bond acceptors (Lipinski definition) is 3. The lowest BCUT2D eigenvalue weighted by atomic mass is 10.2. The fourth-order valence-corrected chi connectivity index (χ4v) is 2.51. The third-order valence-electron chi connectivity index (χ3n) is 2.62. The topological polar surface area (TPSA) is 41.1 Å². The van der Waals surface area contributed by atoms with Crippen LogP contribution in [0.25, 0.3) is 0 Å². The normalized spacial score (nSPS) is 11.9. The van der Waals surface area contributed by atoms with Crippen LogP contribution in [0.2, 0.25) is 0 Å². The average Bonchev–Trinajstić information content (AvgIpc) is 2.40. The molecule has 0 heterocycles. The Balaban J connectivity index is 2.30. The molecule has 2 rings (SSSR count). The molecule has 2 aromatic rings. The Morgan fingerprint density at radius 3 is 2.33 bits per heavy atom. The van der Waals surface area contributed by atoms with Gasteiger partial charge in [-0.1, -0.05) is 18.2 Å².